The molecule has 0 aliphatic heterocycles. The molecular formula is C18H17N3O3. The van der Waals surface area contributed by atoms with Gasteiger partial charge in [-0.1, -0.05) is 17.3 Å². The highest BCUT2D eigenvalue weighted by Gasteiger charge is 2.51. The largest absolute Gasteiger partial charge is 0.497 e. The molecule has 24 heavy (non-hydrogen) atoms. The van der Waals surface area contributed by atoms with Crippen LogP contribution < -0.4 is 10.3 Å². The summed E-state index contributed by atoms with van der Waals surface area (Å²) in [6.07, 6.45) is 3.67. The predicted octanol–water partition coefficient (Wildman–Crippen LogP) is 2.52. The van der Waals surface area contributed by atoms with E-state index in [0.717, 1.165) is 29.7 Å². The van der Waals surface area contributed by atoms with Crippen molar-refractivity contribution in [3.05, 3.63) is 64.4 Å². The van der Waals surface area contributed by atoms with Gasteiger partial charge in [-0.15, -0.1) is 0 Å². The van der Waals surface area contributed by atoms with Crippen LogP contribution in [0.1, 0.15) is 24.3 Å². The Bertz CT molecular complexity index is 937. The predicted molar refractivity (Wildman–Crippen MR) is 88.0 cm³/mol. The molecule has 0 amide bonds. The summed E-state index contributed by atoms with van der Waals surface area (Å²) in [7, 11) is 3.35. The van der Waals surface area contributed by atoms with E-state index in [1.54, 1.807) is 26.4 Å². The third-order valence-electron chi connectivity index (χ3n) is 4.57. The van der Waals surface area contributed by atoms with E-state index in [1.165, 1.54) is 10.6 Å². The van der Waals surface area contributed by atoms with Crippen molar-refractivity contribution in [2.45, 2.75) is 18.3 Å². The molecule has 122 valence electrons. The molecule has 1 aliphatic rings. The maximum Gasteiger partial charge on any atom is 0.250 e. The van der Waals surface area contributed by atoms with E-state index in [1.807, 2.05) is 24.3 Å². The molecule has 2 aromatic heterocycles. The van der Waals surface area contributed by atoms with Crippen LogP contribution in [0.5, 0.6) is 5.75 Å². The smallest absolute Gasteiger partial charge is 0.250 e. The second kappa shape index (κ2) is 5.33. The number of benzene rings is 1. The Morgan fingerprint density at radius 2 is 1.92 bits per heavy atom. The monoisotopic (exact) mass is 323 g/mol. The molecule has 0 atom stereocenters. The lowest BCUT2D eigenvalue weighted by Crippen LogP contribution is -2.14. The zero-order valence-corrected chi connectivity index (χ0v) is 13.5. The van der Waals surface area contributed by atoms with Crippen molar-refractivity contribution in [1.29, 1.82) is 0 Å². The molecule has 1 aliphatic carbocycles. The minimum atomic E-state index is -0.196. The van der Waals surface area contributed by atoms with Crippen molar-refractivity contribution in [2.75, 3.05) is 7.11 Å². The minimum absolute atomic E-state index is 0.0700. The first-order chi connectivity index (χ1) is 11.6. The lowest BCUT2D eigenvalue weighted by Gasteiger charge is -2.11. The van der Waals surface area contributed by atoms with E-state index in [4.69, 9.17) is 9.26 Å². The lowest BCUT2D eigenvalue weighted by atomic mass is 9.96. The van der Waals surface area contributed by atoms with Gasteiger partial charge in [0, 0.05) is 24.9 Å². The normalized spacial score (nSPS) is 15.2. The molecule has 2 heterocycles. The van der Waals surface area contributed by atoms with E-state index in [9.17, 15) is 4.79 Å². The lowest BCUT2D eigenvalue weighted by molar-refractivity contribution is 0.360. The molecule has 0 saturated heterocycles. The van der Waals surface area contributed by atoms with E-state index in [0.29, 0.717) is 11.7 Å². The Hall–Kier alpha value is -2.89. The highest BCUT2D eigenvalue weighted by Crippen LogP contribution is 2.53. The van der Waals surface area contributed by atoms with Crippen LogP contribution in [0.2, 0.25) is 0 Å². The Labute approximate surface area is 138 Å². The van der Waals surface area contributed by atoms with Crippen molar-refractivity contribution < 1.29 is 9.26 Å². The van der Waals surface area contributed by atoms with Crippen LogP contribution in [0.25, 0.3) is 11.4 Å². The zero-order valence-electron chi connectivity index (χ0n) is 13.5. The Morgan fingerprint density at radius 3 is 2.54 bits per heavy atom. The van der Waals surface area contributed by atoms with E-state index in [2.05, 4.69) is 10.1 Å². The average Bonchev–Trinajstić information content (AvgIpc) is 3.27. The van der Waals surface area contributed by atoms with Gasteiger partial charge in [0.05, 0.1) is 12.5 Å². The molecule has 0 unspecified atom stereocenters. The number of methoxy groups -OCH3 is 1. The number of rotatable bonds is 4. The molecule has 0 bridgehead atoms. The number of ether oxygens (including phenoxy) is 1. The third kappa shape index (κ3) is 2.31. The molecule has 0 radical (unpaired) electrons. The van der Waals surface area contributed by atoms with Crippen LogP contribution in [0.3, 0.4) is 0 Å². The molecule has 6 heteroatoms. The number of aryl methyl sites for hydroxylation is 1. The second-order valence-corrected chi connectivity index (χ2v) is 6.10. The maximum atomic E-state index is 11.5. The van der Waals surface area contributed by atoms with Gasteiger partial charge in [0.25, 0.3) is 0 Å². The van der Waals surface area contributed by atoms with Gasteiger partial charge in [-0.2, -0.15) is 4.98 Å². The van der Waals surface area contributed by atoms with E-state index in [-0.39, 0.29) is 11.0 Å². The first-order valence-corrected chi connectivity index (χ1v) is 7.78. The van der Waals surface area contributed by atoms with Crippen molar-refractivity contribution in [2.24, 2.45) is 7.05 Å². The van der Waals surface area contributed by atoms with Gasteiger partial charge in [-0.3, -0.25) is 4.79 Å². The van der Waals surface area contributed by atoms with Crippen LogP contribution in [0, 0.1) is 0 Å². The van der Waals surface area contributed by atoms with Crippen LogP contribution in [0.4, 0.5) is 0 Å². The van der Waals surface area contributed by atoms with Crippen LogP contribution in [-0.4, -0.2) is 21.8 Å². The standard InChI is InChI=1S/C18H17N3O3/c1-21-11-12(3-8-15(21)22)16-19-17(24-20-16)18(9-10-18)13-4-6-14(23-2)7-5-13/h3-8,11H,9-10H2,1-2H3. The fourth-order valence-corrected chi connectivity index (χ4v) is 2.92. The third-order valence-corrected chi connectivity index (χ3v) is 4.57. The quantitative estimate of drug-likeness (QED) is 0.738. The fraction of sp³-hybridized carbons (Fsp3) is 0.278. The second-order valence-electron chi connectivity index (χ2n) is 6.10. The van der Waals surface area contributed by atoms with Gasteiger partial charge in [-0.05, 0) is 36.6 Å². The summed E-state index contributed by atoms with van der Waals surface area (Å²) in [6.45, 7) is 0. The Morgan fingerprint density at radius 1 is 1.17 bits per heavy atom. The molecule has 0 N–H and O–H groups in total. The maximum absolute atomic E-state index is 11.5. The van der Waals surface area contributed by atoms with Gasteiger partial charge in [-0.25, -0.2) is 0 Å². The topological polar surface area (TPSA) is 70.2 Å². The average molecular weight is 323 g/mol. The highest BCUT2D eigenvalue weighted by atomic mass is 16.5. The van der Waals surface area contributed by atoms with Gasteiger partial charge < -0.3 is 13.8 Å². The van der Waals surface area contributed by atoms with Crippen LogP contribution in [0.15, 0.2) is 51.9 Å². The molecule has 1 saturated carbocycles. The van der Waals surface area contributed by atoms with E-state index < -0.39 is 0 Å². The number of nitrogens with zero attached hydrogens (tertiary/aromatic N) is 3. The summed E-state index contributed by atoms with van der Waals surface area (Å²) < 4.78 is 12.3. The van der Waals surface area contributed by atoms with Crippen LogP contribution in [-0.2, 0) is 12.5 Å². The Balaban J connectivity index is 1.68. The molecule has 1 aromatic carbocycles. The summed E-state index contributed by atoms with van der Waals surface area (Å²) >= 11 is 0. The zero-order chi connectivity index (χ0) is 16.7. The van der Waals surface area contributed by atoms with Gasteiger partial charge in [0.1, 0.15) is 5.75 Å². The summed E-state index contributed by atoms with van der Waals surface area (Å²) in [4.78, 5) is 16.1. The highest BCUT2D eigenvalue weighted by molar-refractivity contribution is 5.53. The van der Waals surface area contributed by atoms with Crippen molar-refractivity contribution in [1.82, 2.24) is 14.7 Å². The molecule has 4 rings (SSSR count). The Kier molecular flexibility index (Phi) is 3.26. The number of hydrogen-bond acceptors (Lipinski definition) is 5. The molecule has 1 fully saturated rings. The first kappa shape index (κ1) is 14.7. The minimum Gasteiger partial charge on any atom is -0.497 e. The van der Waals surface area contributed by atoms with Gasteiger partial charge >= 0.3 is 0 Å². The molecule has 6 nitrogen and oxygen atoms in total. The summed E-state index contributed by atoms with van der Waals surface area (Å²) in [5, 5.41) is 4.10. The van der Waals surface area contributed by atoms with Gasteiger partial charge in [0.15, 0.2) is 0 Å². The fourth-order valence-electron chi connectivity index (χ4n) is 2.92. The van der Waals surface area contributed by atoms with Crippen molar-refractivity contribution in [3.8, 4) is 17.1 Å². The van der Waals surface area contributed by atoms with E-state index >= 15 is 0 Å². The molecule has 0 spiro atoms. The van der Waals surface area contributed by atoms with Crippen molar-refractivity contribution in [3.63, 3.8) is 0 Å². The SMILES string of the molecule is COc1ccc(C2(c3nc(-c4ccc(=O)n(C)c4)no3)CC2)cc1. The molecular weight excluding hydrogens is 306 g/mol. The van der Waals surface area contributed by atoms with Crippen LogP contribution >= 0.6 is 0 Å². The molecule has 3 aromatic rings. The number of aromatic nitrogens is 3. The first-order valence-electron chi connectivity index (χ1n) is 7.78. The summed E-state index contributed by atoms with van der Waals surface area (Å²) in [5.41, 5.74) is 1.65. The van der Waals surface area contributed by atoms with Gasteiger partial charge in [0.2, 0.25) is 17.3 Å². The number of hydrogen-bond donors (Lipinski definition) is 0. The van der Waals surface area contributed by atoms with Crippen molar-refractivity contribution >= 4 is 0 Å². The summed E-state index contributed by atoms with van der Waals surface area (Å²) in [6, 6.07) is 11.2. The summed E-state index contributed by atoms with van der Waals surface area (Å²) in [5.74, 6) is 1.95. The number of pyridine rings is 1.